The molecule has 0 radical (unpaired) electrons. The molecule has 4 rings (SSSR count). The molecule has 2 aromatic heterocycles. The fraction of sp³-hybridized carbons (Fsp3) is 0.0833. The highest BCUT2D eigenvalue weighted by atomic mass is 32.1. The molecular formula is C24H17N3O4S. The predicted octanol–water partition coefficient (Wildman–Crippen LogP) is 5.20. The molecule has 1 N–H and O–H groups in total. The first kappa shape index (κ1) is 21.0. The average molecular weight is 443 g/mol. The summed E-state index contributed by atoms with van der Waals surface area (Å²) in [7, 11) is 1.27. The molecule has 0 bridgehead atoms. The number of nitrogens with one attached hydrogen (secondary N) is 1. The lowest BCUT2D eigenvalue weighted by Crippen LogP contribution is -2.14. The van der Waals surface area contributed by atoms with Crippen LogP contribution in [-0.2, 0) is 9.53 Å². The molecule has 0 fully saturated rings. The van der Waals surface area contributed by atoms with Gasteiger partial charge in [0.15, 0.2) is 0 Å². The number of rotatable bonds is 5. The van der Waals surface area contributed by atoms with Gasteiger partial charge in [0.25, 0.3) is 5.91 Å². The maximum Gasteiger partial charge on any atom is 0.342 e. The van der Waals surface area contributed by atoms with Crippen LogP contribution in [0.2, 0.25) is 0 Å². The number of furan rings is 1. The quantitative estimate of drug-likeness (QED) is 0.258. The smallest absolute Gasteiger partial charge is 0.342 e. The number of hydrogen-bond donors (Lipinski definition) is 1. The van der Waals surface area contributed by atoms with Crippen molar-refractivity contribution in [3.05, 3.63) is 77.1 Å². The van der Waals surface area contributed by atoms with Crippen LogP contribution in [-0.4, -0.2) is 24.0 Å². The van der Waals surface area contributed by atoms with E-state index in [0.29, 0.717) is 16.1 Å². The number of carbonyl (C=O) groups excluding carboxylic acids is 2. The standard InChI is InChI=1S/C24H17N3O4S/c1-14-19(24(29)30-2)20(23-26-17-10-6-7-11-18(17)32-23)22(31-14)27-21(28)16(13-25)12-15-8-4-3-5-9-15/h3-12H,1-2H3,(H,27,28)/b16-12+. The lowest BCUT2D eigenvalue weighted by atomic mass is 10.1. The van der Waals surface area contributed by atoms with Crippen LogP contribution in [0, 0.1) is 18.3 Å². The van der Waals surface area contributed by atoms with E-state index in [2.05, 4.69) is 10.3 Å². The summed E-state index contributed by atoms with van der Waals surface area (Å²) in [4.78, 5) is 30.0. The first-order valence-corrected chi connectivity index (χ1v) is 10.4. The fourth-order valence-electron chi connectivity index (χ4n) is 3.20. The molecule has 0 saturated heterocycles. The molecule has 0 aliphatic carbocycles. The number of nitrogens with zero attached hydrogens (tertiary/aromatic N) is 2. The van der Waals surface area contributed by atoms with Gasteiger partial charge in [-0.3, -0.25) is 10.1 Å². The molecule has 0 atom stereocenters. The van der Waals surface area contributed by atoms with Crippen molar-refractivity contribution >= 4 is 45.4 Å². The Hall–Kier alpha value is -4.22. The van der Waals surface area contributed by atoms with Crippen molar-refractivity contribution in [2.24, 2.45) is 0 Å². The zero-order valence-corrected chi connectivity index (χ0v) is 18.0. The van der Waals surface area contributed by atoms with Crippen LogP contribution in [0.4, 0.5) is 5.88 Å². The maximum absolute atomic E-state index is 12.9. The number of benzene rings is 2. The Labute approximate surface area is 187 Å². The third kappa shape index (κ3) is 4.02. The molecule has 0 spiro atoms. The van der Waals surface area contributed by atoms with Crippen molar-refractivity contribution in [3.8, 4) is 16.6 Å². The van der Waals surface area contributed by atoms with Crippen LogP contribution < -0.4 is 5.32 Å². The summed E-state index contributed by atoms with van der Waals surface area (Å²) in [6, 6.07) is 18.5. The molecule has 8 heteroatoms. The van der Waals surface area contributed by atoms with Crippen molar-refractivity contribution in [2.45, 2.75) is 6.92 Å². The van der Waals surface area contributed by atoms with Crippen LogP contribution in [0.3, 0.4) is 0 Å². The van der Waals surface area contributed by atoms with Gasteiger partial charge in [-0.05, 0) is 30.7 Å². The minimum absolute atomic E-state index is 0.0289. The Morgan fingerprint density at radius 2 is 1.88 bits per heavy atom. The average Bonchev–Trinajstić information content (AvgIpc) is 3.37. The summed E-state index contributed by atoms with van der Waals surface area (Å²) in [5.74, 6) is -0.974. The Morgan fingerprint density at radius 1 is 1.16 bits per heavy atom. The topological polar surface area (TPSA) is 105 Å². The van der Waals surface area contributed by atoms with Crippen LogP contribution in [0.1, 0.15) is 21.7 Å². The number of aromatic nitrogens is 1. The van der Waals surface area contributed by atoms with Crippen LogP contribution in [0.25, 0.3) is 26.9 Å². The number of fused-ring (bicyclic) bond motifs is 1. The Kier molecular flexibility index (Phi) is 5.83. The number of para-hydroxylation sites is 1. The fourth-order valence-corrected chi connectivity index (χ4v) is 4.21. The van der Waals surface area contributed by atoms with Gasteiger partial charge >= 0.3 is 5.97 Å². The van der Waals surface area contributed by atoms with Gasteiger partial charge in [-0.15, -0.1) is 11.3 Å². The number of thiazole rings is 1. The zero-order chi connectivity index (χ0) is 22.7. The van der Waals surface area contributed by atoms with E-state index < -0.39 is 11.9 Å². The number of aryl methyl sites for hydroxylation is 1. The summed E-state index contributed by atoms with van der Waals surface area (Å²) >= 11 is 1.35. The zero-order valence-electron chi connectivity index (χ0n) is 17.2. The summed E-state index contributed by atoms with van der Waals surface area (Å²) in [5.41, 5.74) is 1.84. The lowest BCUT2D eigenvalue weighted by Gasteiger charge is -2.04. The van der Waals surface area contributed by atoms with Gasteiger partial charge in [0, 0.05) is 0 Å². The van der Waals surface area contributed by atoms with Gasteiger partial charge in [0.1, 0.15) is 28.0 Å². The third-order valence-electron chi connectivity index (χ3n) is 4.68. The Balaban J connectivity index is 1.79. The van der Waals surface area contributed by atoms with E-state index in [1.807, 2.05) is 48.5 Å². The number of ether oxygens (including phenoxy) is 1. The second-order valence-corrected chi connectivity index (χ2v) is 7.78. The predicted molar refractivity (Wildman–Crippen MR) is 122 cm³/mol. The summed E-state index contributed by atoms with van der Waals surface area (Å²) in [5, 5.41) is 12.6. The van der Waals surface area contributed by atoms with Crippen molar-refractivity contribution in [3.63, 3.8) is 0 Å². The van der Waals surface area contributed by atoms with Crippen LogP contribution in [0.5, 0.6) is 0 Å². The van der Waals surface area contributed by atoms with Gasteiger partial charge in [-0.25, -0.2) is 9.78 Å². The first-order chi connectivity index (χ1) is 15.5. The Morgan fingerprint density at radius 3 is 2.56 bits per heavy atom. The van der Waals surface area contributed by atoms with E-state index >= 15 is 0 Å². The highest BCUT2D eigenvalue weighted by Gasteiger charge is 2.29. The van der Waals surface area contributed by atoms with Gasteiger partial charge in [-0.1, -0.05) is 42.5 Å². The second kappa shape index (κ2) is 8.88. The van der Waals surface area contributed by atoms with Gasteiger partial charge in [-0.2, -0.15) is 5.26 Å². The normalized spacial score (nSPS) is 11.2. The van der Waals surface area contributed by atoms with Crippen molar-refractivity contribution in [1.82, 2.24) is 4.98 Å². The van der Waals surface area contributed by atoms with Crippen molar-refractivity contribution in [1.29, 1.82) is 5.26 Å². The minimum Gasteiger partial charge on any atom is -0.465 e. The van der Waals surface area contributed by atoms with E-state index in [0.717, 1.165) is 10.2 Å². The van der Waals surface area contributed by atoms with E-state index in [-0.39, 0.29) is 22.8 Å². The maximum atomic E-state index is 12.9. The number of esters is 1. The monoisotopic (exact) mass is 443 g/mol. The lowest BCUT2D eigenvalue weighted by molar-refractivity contribution is -0.112. The molecule has 158 valence electrons. The highest BCUT2D eigenvalue weighted by molar-refractivity contribution is 7.21. The summed E-state index contributed by atoms with van der Waals surface area (Å²) in [6.45, 7) is 1.60. The van der Waals surface area contributed by atoms with E-state index in [4.69, 9.17) is 9.15 Å². The molecule has 0 aliphatic heterocycles. The highest BCUT2D eigenvalue weighted by Crippen LogP contribution is 2.40. The molecular weight excluding hydrogens is 426 g/mol. The summed E-state index contributed by atoms with van der Waals surface area (Å²) < 4.78 is 11.6. The van der Waals surface area contributed by atoms with Crippen molar-refractivity contribution < 1.29 is 18.7 Å². The first-order valence-electron chi connectivity index (χ1n) is 9.57. The number of methoxy groups -OCH3 is 1. The second-order valence-electron chi connectivity index (χ2n) is 6.75. The largest absolute Gasteiger partial charge is 0.465 e. The van der Waals surface area contributed by atoms with Gasteiger partial charge in [0.05, 0.1) is 22.9 Å². The van der Waals surface area contributed by atoms with E-state index in [1.54, 1.807) is 19.1 Å². The number of anilines is 1. The molecule has 2 aromatic carbocycles. The molecule has 2 heterocycles. The molecule has 7 nitrogen and oxygen atoms in total. The Bertz CT molecular complexity index is 1360. The SMILES string of the molecule is COC(=O)c1c(C)oc(NC(=O)/C(C#N)=C/c2ccccc2)c1-c1nc2ccccc2s1. The van der Waals surface area contributed by atoms with Gasteiger partial charge < -0.3 is 9.15 Å². The molecule has 4 aromatic rings. The number of carbonyl (C=O) groups is 2. The molecule has 1 amide bonds. The summed E-state index contributed by atoms with van der Waals surface area (Å²) in [6.07, 6.45) is 1.48. The molecule has 0 saturated carbocycles. The third-order valence-corrected chi connectivity index (χ3v) is 5.74. The van der Waals surface area contributed by atoms with Crippen LogP contribution in [0.15, 0.2) is 64.6 Å². The molecule has 0 aliphatic rings. The number of nitriles is 1. The van der Waals surface area contributed by atoms with Crippen LogP contribution >= 0.6 is 11.3 Å². The number of amides is 1. The van der Waals surface area contributed by atoms with Crippen molar-refractivity contribution in [2.75, 3.05) is 12.4 Å². The minimum atomic E-state index is -0.663. The van der Waals surface area contributed by atoms with E-state index in [9.17, 15) is 14.9 Å². The molecule has 32 heavy (non-hydrogen) atoms. The van der Waals surface area contributed by atoms with E-state index in [1.165, 1.54) is 24.5 Å². The van der Waals surface area contributed by atoms with Gasteiger partial charge in [0.2, 0.25) is 5.88 Å². The molecule has 0 unspecified atom stereocenters. The number of hydrogen-bond acceptors (Lipinski definition) is 7.